The molecule has 124 valence electrons. The van der Waals surface area contributed by atoms with Crippen molar-refractivity contribution in [3.63, 3.8) is 0 Å². The third kappa shape index (κ3) is 3.74. The van der Waals surface area contributed by atoms with E-state index >= 15 is 0 Å². The fraction of sp³-hybridized carbons (Fsp3) is 0.263. The van der Waals surface area contributed by atoms with Gasteiger partial charge in [-0.15, -0.1) is 0 Å². The largest absolute Gasteiger partial charge is 0.444 e. The summed E-state index contributed by atoms with van der Waals surface area (Å²) in [6.07, 6.45) is 1.60. The number of nitrogens with one attached hydrogen (secondary N) is 1. The molecule has 0 aliphatic rings. The summed E-state index contributed by atoms with van der Waals surface area (Å²) in [5.74, 6) is 0.530. The number of carbonyl (C=O) groups excluding carboxylic acids is 1. The van der Waals surface area contributed by atoms with Crippen molar-refractivity contribution in [1.82, 2.24) is 9.55 Å². The Morgan fingerprint density at radius 3 is 2.67 bits per heavy atom. The van der Waals surface area contributed by atoms with E-state index in [1.54, 1.807) is 0 Å². The molecule has 1 N–H and O–H groups in total. The van der Waals surface area contributed by atoms with Crippen LogP contribution in [-0.2, 0) is 17.9 Å². The molecule has 3 aromatic rings. The Kier molecular flexibility index (Phi) is 5.11. The van der Waals surface area contributed by atoms with Crippen molar-refractivity contribution in [1.29, 1.82) is 0 Å². The van der Waals surface area contributed by atoms with E-state index in [9.17, 15) is 4.79 Å². The molecule has 3 rings (SSSR count). The fourth-order valence-electron chi connectivity index (χ4n) is 2.56. The topological polar surface area (TPSA) is 56.2 Å². The smallest absolute Gasteiger partial charge is 0.414 e. The molecule has 1 amide bonds. The zero-order chi connectivity index (χ0) is 16.8. The molecule has 0 saturated heterocycles. The van der Waals surface area contributed by atoms with Gasteiger partial charge in [0.05, 0.1) is 11.0 Å². The maximum Gasteiger partial charge on any atom is 0.414 e. The van der Waals surface area contributed by atoms with Crippen LogP contribution in [0.5, 0.6) is 0 Å². The molecule has 0 radical (unpaired) electrons. The standard InChI is InChI=1S/C19H21N3O2/c1-2-3-13-22-17-12-8-7-11-16(17)20-18(22)21-19(23)24-14-15-9-5-4-6-10-15/h4-12H,2-3,13-14H2,1H3,(H,20,21,23). The number of ether oxygens (including phenoxy) is 1. The minimum absolute atomic E-state index is 0.238. The summed E-state index contributed by atoms with van der Waals surface area (Å²) in [5.41, 5.74) is 2.84. The molecule has 0 atom stereocenters. The average Bonchev–Trinajstić information content (AvgIpc) is 2.96. The van der Waals surface area contributed by atoms with Crippen LogP contribution in [0.1, 0.15) is 25.3 Å². The van der Waals surface area contributed by atoms with Gasteiger partial charge in [-0.2, -0.15) is 0 Å². The normalized spacial score (nSPS) is 10.7. The Morgan fingerprint density at radius 2 is 1.88 bits per heavy atom. The number of benzene rings is 2. The molecule has 0 fully saturated rings. The highest BCUT2D eigenvalue weighted by molar-refractivity contribution is 5.86. The number of anilines is 1. The van der Waals surface area contributed by atoms with Crippen LogP contribution in [-0.4, -0.2) is 15.6 Å². The Labute approximate surface area is 141 Å². The zero-order valence-electron chi connectivity index (χ0n) is 13.7. The van der Waals surface area contributed by atoms with E-state index in [1.807, 2.05) is 59.2 Å². The molecule has 0 unspecified atom stereocenters. The lowest BCUT2D eigenvalue weighted by molar-refractivity contribution is 0.155. The number of aryl methyl sites for hydroxylation is 1. The van der Waals surface area contributed by atoms with Gasteiger partial charge in [0, 0.05) is 6.54 Å². The first-order valence-electron chi connectivity index (χ1n) is 8.21. The highest BCUT2D eigenvalue weighted by atomic mass is 16.5. The quantitative estimate of drug-likeness (QED) is 0.722. The van der Waals surface area contributed by atoms with Crippen LogP contribution in [0.15, 0.2) is 54.6 Å². The first-order valence-corrected chi connectivity index (χ1v) is 8.21. The molecule has 5 heteroatoms. The summed E-state index contributed by atoms with van der Waals surface area (Å²) in [7, 11) is 0. The van der Waals surface area contributed by atoms with E-state index in [0.717, 1.165) is 36.0 Å². The highest BCUT2D eigenvalue weighted by Crippen LogP contribution is 2.20. The lowest BCUT2D eigenvalue weighted by atomic mass is 10.2. The monoisotopic (exact) mass is 323 g/mol. The predicted molar refractivity (Wildman–Crippen MR) is 94.9 cm³/mol. The van der Waals surface area contributed by atoms with Crippen LogP contribution < -0.4 is 5.32 Å². The molecule has 0 saturated carbocycles. The van der Waals surface area contributed by atoms with Gasteiger partial charge >= 0.3 is 6.09 Å². The van der Waals surface area contributed by atoms with Gasteiger partial charge in [-0.05, 0) is 24.1 Å². The van der Waals surface area contributed by atoms with Crippen molar-refractivity contribution in [3.8, 4) is 0 Å². The van der Waals surface area contributed by atoms with Gasteiger partial charge in [-0.3, -0.25) is 5.32 Å². The molecule has 1 heterocycles. The minimum atomic E-state index is -0.494. The summed E-state index contributed by atoms with van der Waals surface area (Å²) in [4.78, 5) is 16.6. The zero-order valence-corrected chi connectivity index (χ0v) is 13.7. The van der Waals surface area contributed by atoms with Gasteiger partial charge in [0.2, 0.25) is 5.95 Å². The number of imidazole rings is 1. The van der Waals surface area contributed by atoms with Crippen LogP contribution in [0.2, 0.25) is 0 Å². The average molecular weight is 323 g/mol. The molecule has 0 aliphatic heterocycles. The number of hydrogen-bond acceptors (Lipinski definition) is 3. The second-order valence-electron chi connectivity index (χ2n) is 5.62. The van der Waals surface area contributed by atoms with Gasteiger partial charge in [0.1, 0.15) is 6.61 Å². The fourth-order valence-corrected chi connectivity index (χ4v) is 2.56. The van der Waals surface area contributed by atoms with E-state index in [4.69, 9.17) is 4.74 Å². The maximum absolute atomic E-state index is 12.1. The van der Waals surface area contributed by atoms with Crippen LogP contribution in [0.3, 0.4) is 0 Å². The number of hydrogen-bond donors (Lipinski definition) is 1. The van der Waals surface area contributed by atoms with Crippen molar-refractivity contribution in [2.24, 2.45) is 0 Å². The van der Waals surface area contributed by atoms with Gasteiger partial charge < -0.3 is 9.30 Å². The van der Waals surface area contributed by atoms with Gasteiger partial charge in [-0.1, -0.05) is 55.8 Å². The summed E-state index contributed by atoms with van der Waals surface area (Å²) >= 11 is 0. The molecule has 5 nitrogen and oxygen atoms in total. The van der Waals surface area contributed by atoms with Crippen molar-refractivity contribution < 1.29 is 9.53 Å². The van der Waals surface area contributed by atoms with Crippen LogP contribution in [0, 0.1) is 0 Å². The summed E-state index contributed by atoms with van der Waals surface area (Å²) in [5, 5.41) is 2.77. The molecular formula is C19H21N3O2. The van der Waals surface area contributed by atoms with E-state index in [1.165, 1.54) is 0 Å². The Hall–Kier alpha value is -2.82. The molecule has 2 aromatic carbocycles. The first kappa shape index (κ1) is 16.1. The number of carbonyl (C=O) groups is 1. The SMILES string of the molecule is CCCCn1c(NC(=O)OCc2ccccc2)nc2ccccc21. The van der Waals surface area contributed by atoms with E-state index in [0.29, 0.717) is 5.95 Å². The third-order valence-electron chi connectivity index (χ3n) is 3.82. The number of aromatic nitrogens is 2. The van der Waals surface area contributed by atoms with Crippen molar-refractivity contribution in [2.45, 2.75) is 32.9 Å². The molecular weight excluding hydrogens is 302 g/mol. The molecule has 0 spiro atoms. The van der Waals surface area contributed by atoms with Gasteiger partial charge in [0.15, 0.2) is 0 Å². The van der Waals surface area contributed by atoms with Gasteiger partial charge in [-0.25, -0.2) is 9.78 Å². The number of unbranched alkanes of at least 4 members (excludes halogenated alkanes) is 1. The van der Waals surface area contributed by atoms with Crippen molar-refractivity contribution in [3.05, 3.63) is 60.2 Å². The third-order valence-corrected chi connectivity index (χ3v) is 3.82. The Bertz CT molecular complexity index is 812. The summed E-state index contributed by atoms with van der Waals surface area (Å²) < 4.78 is 7.31. The Balaban J connectivity index is 1.72. The van der Waals surface area contributed by atoms with Crippen LogP contribution in [0.25, 0.3) is 11.0 Å². The van der Waals surface area contributed by atoms with E-state index < -0.39 is 6.09 Å². The Morgan fingerprint density at radius 1 is 1.12 bits per heavy atom. The number of para-hydroxylation sites is 2. The summed E-state index contributed by atoms with van der Waals surface area (Å²) in [6, 6.07) is 17.5. The number of fused-ring (bicyclic) bond motifs is 1. The second kappa shape index (κ2) is 7.64. The van der Waals surface area contributed by atoms with E-state index in [-0.39, 0.29) is 6.61 Å². The minimum Gasteiger partial charge on any atom is -0.444 e. The highest BCUT2D eigenvalue weighted by Gasteiger charge is 2.13. The van der Waals surface area contributed by atoms with Crippen molar-refractivity contribution in [2.75, 3.05) is 5.32 Å². The molecule has 0 aliphatic carbocycles. The van der Waals surface area contributed by atoms with Crippen LogP contribution in [0.4, 0.5) is 10.7 Å². The predicted octanol–water partition coefficient (Wildman–Crippen LogP) is 4.59. The molecule has 24 heavy (non-hydrogen) atoms. The second-order valence-corrected chi connectivity index (χ2v) is 5.62. The lowest BCUT2D eigenvalue weighted by Gasteiger charge is -2.10. The van der Waals surface area contributed by atoms with Crippen LogP contribution >= 0.6 is 0 Å². The summed E-state index contributed by atoms with van der Waals surface area (Å²) in [6.45, 7) is 3.19. The molecule has 0 bridgehead atoms. The molecule has 1 aromatic heterocycles. The van der Waals surface area contributed by atoms with Gasteiger partial charge in [0.25, 0.3) is 0 Å². The number of amides is 1. The maximum atomic E-state index is 12.1. The van der Waals surface area contributed by atoms with Crippen molar-refractivity contribution >= 4 is 23.1 Å². The van der Waals surface area contributed by atoms with E-state index in [2.05, 4.69) is 17.2 Å². The lowest BCUT2D eigenvalue weighted by Crippen LogP contribution is -2.17. The number of rotatable bonds is 6. The number of nitrogens with zero attached hydrogens (tertiary/aromatic N) is 2. The first-order chi connectivity index (χ1) is 11.8.